The molecule has 110 valence electrons. The van der Waals surface area contributed by atoms with Gasteiger partial charge in [-0.05, 0) is 36.2 Å². The lowest BCUT2D eigenvalue weighted by Crippen LogP contribution is -2.26. The third kappa shape index (κ3) is 3.86. The number of phenolic OH excluding ortho intramolecular Hbond substituents is 1. The molecule has 0 aliphatic carbocycles. The second kappa shape index (κ2) is 6.78. The molecule has 2 rings (SSSR count). The van der Waals surface area contributed by atoms with Crippen LogP contribution in [0.4, 0.5) is 4.39 Å². The van der Waals surface area contributed by atoms with Gasteiger partial charge in [0.2, 0.25) is 0 Å². The molecule has 1 amide bonds. The monoisotopic (exact) mass is 327 g/mol. The molecule has 0 radical (unpaired) electrons. The first-order chi connectivity index (χ1) is 9.99. The molecule has 0 unspecified atom stereocenters. The fraction of sp³-hybridized carbons (Fsp3) is 0.133. The number of hydrogen-bond acceptors (Lipinski definition) is 2. The van der Waals surface area contributed by atoms with E-state index in [2.05, 4.69) is 5.32 Å². The first-order valence-corrected chi connectivity index (χ1v) is 6.94. The van der Waals surface area contributed by atoms with Crippen LogP contribution in [-0.2, 0) is 6.42 Å². The van der Waals surface area contributed by atoms with Gasteiger partial charge in [-0.1, -0.05) is 35.3 Å². The molecule has 0 aliphatic rings. The minimum atomic E-state index is -0.767. The Balaban J connectivity index is 1.99. The summed E-state index contributed by atoms with van der Waals surface area (Å²) in [5, 5.41) is 13.1. The highest BCUT2D eigenvalue weighted by molar-refractivity contribution is 6.35. The lowest BCUT2D eigenvalue weighted by Gasteiger charge is -2.09. The molecule has 2 N–H and O–H groups in total. The van der Waals surface area contributed by atoms with Crippen molar-refractivity contribution in [3.63, 3.8) is 0 Å². The summed E-state index contributed by atoms with van der Waals surface area (Å²) in [4.78, 5) is 11.9. The van der Waals surface area contributed by atoms with Gasteiger partial charge in [0.05, 0.1) is 0 Å². The summed E-state index contributed by atoms with van der Waals surface area (Å²) in [6.45, 7) is 0.258. The van der Waals surface area contributed by atoms with Crippen molar-refractivity contribution < 1.29 is 14.3 Å². The number of benzene rings is 2. The van der Waals surface area contributed by atoms with E-state index in [0.29, 0.717) is 16.5 Å². The summed E-state index contributed by atoms with van der Waals surface area (Å²) >= 11 is 11.8. The van der Waals surface area contributed by atoms with E-state index in [4.69, 9.17) is 23.2 Å². The molecule has 2 aromatic carbocycles. The quantitative estimate of drug-likeness (QED) is 0.897. The van der Waals surface area contributed by atoms with Gasteiger partial charge in [-0.3, -0.25) is 4.79 Å². The van der Waals surface area contributed by atoms with Crippen molar-refractivity contribution in [2.75, 3.05) is 6.54 Å². The average Bonchev–Trinajstić information content (AvgIpc) is 2.41. The van der Waals surface area contributed by atoms with E-state index < -0.39 is 17.5 Å². The number of hydrogen-bond donors (Lipinski definition) is 2. The van der Waals surface area contributed by atoms with Crippen LogP contribution in [0.5, 0.6) is 5.75 Å². The normalized spacial score (nSPS) is 10.4. The molecule has 0 aromatic heterocycles. The number of amides is 1. The lowest BCUT2D eigenvalue weighted by molar-refractivity contribution is 0.0947. The Labute approximate surface area is 131 Å². The molecule has 0 bridgehead atoms. The molecule has 21 heavy (non-hydrogen) atoms. The molecule has 3 nitrogen and oxygen atoms in total. The predicted molar refractivity (Wildman–Crippen MR) is 80.6 cm³/mol. The third-order valence-electron chi connectivity index (χ3n) is 2.91. The van der Waals surface area contributed by atoms with Crippen LogP contribution in [0.1, 0.15) is 15.9 Å². The number of phenols is 1. The van der Waals surface area contributed by atoms with Crippen LogP contribution >= 0.6 is 23.2 Å². The number of aromatic hydroxyl groups is 1. The Hall–Kier alpha value is -1.78. The van der Waals surface area contributed by atoms with Crippen LogP contribution in [0.15, 0.2) is 36.4 Å². The van der Waals surface area contributed by atoms with Crippen LogP contribution in [-0.4, -0.2) is 17.6 Å². The van der Waals surface area contributed by atoms with E-state index in [0.717, 1.165) is 11.6 Å². The molecule has 0 saturated carbocycles. The van der Waals surface area contributed by atoms with Gasteiger partial charge in [0.25, 0.3) is 5.91 Å². The van der Waals surface area contributed by atoms with Gasteiger partial charge in [0.15, 0.2) is 0 Å². The van der Waals surface area contributed by atoms with Crippen LogP contribution < -0.4 is 5.32 Å². The van der Waals surface area contributed by atoms with E-state index in [1.165, 1.54) is 12.1 Å². The van der Waals surface area contributed by atoms with Gasteiger partial charge in [0, 0.05) is 16.6 Å². The van der Waals surface area contributed by atoms with E-state index >= 15 is 0 Å². The number of halogens is 3. The SMILES string of the molecule is O=C(NCCc1ccc(Cl)cc1Cl)c1c(O)cccc1F. The minimum Gasteiger partial charge on any atom is -0.507 e. The van der Waals surface area contributed by atoms with E-state index in [-0.39, 0.29) is 12.1 Å². The van der Waals surface area contributed by atoms with Crippen molar-refractivity contribution in [3.05, 3.63) is 63.4 Å². The van der Waals surface area contributed by atoms with E-state index in [1.807, 2.05) is 0 Å². The van der Waals surface area contributed by atoms with Crippen molar-refractivity contribution in [1.82, 2.24) is 5.32 Å². The fourth-order valence-corrected chi connectivity index (χ4v) is 2.36. The summed E-state index contributed by atoms with van der Waals surface area (Å²) in [6, 6.07) is 8.78. The zero-order valence-corrected chi connectivity index (χ0v) is 12.4. The lowest BCUT2D eigenvalue weighted by atomic mass is 10.1. The molecule has 0 heterocycles. The molecule has 0 aliphatic heterocycles. The summed E-state index contributed by atoms with van der Waals surface area (Å²) in [7, 11) is 0. The zero-order chi connectivity index (χ0) is 15.4. The molecular formula is C15H12Cl2FNO2. The van der Waals surface area contributed by atoms with Gasteiger partial charge in [-0.25, -0.2) is 4.39 Å². The average molecular weight is 328 g/mol. The molecule has 0 fully saturated rings. The Bertz CT molecular complexity index is 656. The largest absolute Gasteiger partial charge is 0.507 e. The Morgan fingerprint density at radius 3 is 2.67 bits per heavy atom. The molecule has 0 spiro atoms. The van der Waals surface area contributed by atoms with Gasteiger partial charge in [0.1, 0.15) is 17.1 Å². The zero-order valence-electron chi connectivity index (χ0n) is 10.9. The van der Waals surface area contributed by atoms with Crippen LogP contribution in [0.2, 0.25) is 10.0 Å². The highest BCUT2D eigenvalue weighted by Crippen LogP contribution is 2.22. The first-order valence-electron chi connectivity index (χ1n) is 6.18. The minimum absolute atomic E-state index is 0.258. The standard InChI is InChI=1S/C15H12Cl2FNO2/c16-10-5-4-9(11(17)8-10)6-7-19-15(21)14-12(18)2-1-3-13(14)20/h1-5,8,20H,6-7H2,(H,19,21). The Morgan fingerprint density at radius 2 is 2.00 bits per heavy atom. The Kier molecular flexibility index (Phi) is 5.04. The second-order valence-corrected chi connectivity index (χ2v) is 5.22. The van der Waals surface area contributed by atoms with Crippen molar-refractivity contribution >= 4 is 29.1 Å². The number of carbonyl (C=O) groups is 1. The topological polar surface area (TPSA) is 49.3 Å². The maximum Gasteiger partial charge on any atom is 0.258 e. The fourth-order valence-electron chi connectivity index (χ4n) is 1.86. The summed E-state index contributed by atoms with van der Waals surface area (Å²) in [5.74, 6) is -1.83. The second-order valence-electron chi connectivity index (χ2n) is 4.38. The van der Waals surface area contributed by atoms with Crippen LogP contribution in [0, 0.1) is 5.82 Å². The highest BCUT2D eigenvalue weighted by atomic mass is 35.5. The van der Waals surface area contributed by atoms with Crippen molar-refractivity contribution in [1.29, 1.82) is 0 Å². The summed E-state index contributed by atoms with van der Waals surface area (Å²) in [6.07, 6.45) is 0.469. The summed E-state index contributed by atoms with van der Waals surface area (Å²) in [5.41, 5.74) is 0.457. The Morgan fingerprint density at radius 1 is 1.24 bits per heavy atom. The molecule has 0 saturated heterocycles. The van der Waals surface area contributed by atoms with Gasteiger partial charge < -0.3 is 10.4 Å². The van der Waals surface area contributed by atoms with Crippen molar-refractivity contribution in [2.45, 2.75) is 6.42 Å². The number of nitrogens with one attached hydrogen (secondary N) is 1. The molecule has 2 aromatic rings. The molecule has 0 atom stereocenters. The van der Waals surface area contributed by atoms with Gasteiger partial charge >= 0.3 is 0 Å². The number of carbonyl (C=O) groups excluding carboxylic acids is 1. The maximum atomic E-state index is 13.5. The first kappa shape index (κ1) is 15.6. The van der Waals surface area contributed by atoms with E-state index in [1.54, 1.807) is 18.2 Å². The molecular weight excluding hydrogens is 316 g/mol. The van der Waals surface area contributed by atoms with Crippen LogP contribution in [0.3, 0.4) is 0 Å². The summed E-state index contributed by atoms with van der Waals surface area (Å²) < 4.78 is 13.5. The van der Waals surface area contributed by atoms with Gasteiger partial charge in [-0.15, -0.1) is 0 Å². The van der Waals surface area contributed by atoms with Gasteiger partial charge in [-0.2, -0.15) is 0 Å². The smallest absolute Gasteiger partial charge is 0.258 e. The third-order valence-corrected chi connectivity index (χ3v) is 3.50. The highest BCUT2D eigenvalue weighted by Gasteiger charge is 2.15. The van der Waals surface area contributed by atoms with E-state index in [9.17, 15) is 14.3 Å². The number of rotatable bonds is 4. The predicted octanol–water partition coefficient (Wildman–Crippen LogP) is 3.81. The van der Waals surface area contributed by atoms with Crippen molar-refractivity contribution in [2.24, 2.45) is 0 Å². The van der Waals surface area contributed by atoms with Crippen molar-refractivity contribution in [3.8, 4) is 5.75 Å². The molecule has 6 heteroatoms. The van der Waals surface area contributed by atoms with Crippen LogP contribution in [0.25, 0.3) is 0 Å². The maximum absolute atomic E-state index is 13.5.